The number of benzene rings is 2. The number of nitrogens with one attached hydrogen (secondary N) is 1. The largest absolute Gasteiger partial charge is 0.372 e. The van der Waals surface area contributed by atoms with Gasteiger partial charge < -0.3 is 4.90 Å². The third-order valence-electron chi connectivity index (χ3n) is 3.83. The van der Waals surface area contributed by atoms with Gasteiger partial charge in [0.15, 0.2) is 0 Å². The van der Waals surface area contributed by atoms with Crippen molar-refractivity contribution in [3.63, 3.8) is 0 Å². The van der Waals surface area contributed by atoms with Gasteiger partial charge in [-0.05, 0) is 49.2 Å². The predicted octanol–water partition coefficient (Wildman–Crippen LogP) is 3.29. The van der Waals surface area contributed by atoms with Crippen molar-refractivity contribution in [1.82, 2.24) is 4.72 Å². The first kappa shape index (κ1) is 18.4. The smallest absolute Gasteiger partial charge is 0.216 e. The average molecular weight is 350 g/mol. The molecule has 24 heavy (non-hydrogen) atoms. The zero-order chi connectivity index (χ0) is 17.6. The molecule has 0 unspecified atom stereocenters. The summed E-state index contributed by atoms with van der Waals surface area (Å²) in [4.78, 5) is 2.22. The molecule has 2 aromatic carbocycles. The van der Waals surface area contributed by atoms with E-state index in [4.69, 9.17) is 0 Å². The van der Waals surface area contributed by atoms with Crippen molar-refractivity contribution >= 4 is 15.7 Å². The Balaban J connectivity index is 1.95. The van der Waals surface area contributed by atoms with Crippen molar-refractivity contribution in [2.75, 3.05) is 18.0 Å². The van der Waals surface area contributed by atoms with Crippen LogP contribution in [0.5, 0.6) is 0 Å². The zero-order valence-electron chi connectivity index (χ0n) is 14.0. The summed E-state index contributed by atoms with van der Waals surface area (Å²) in [5.74, 6) is -0.539. The molecule has 6 heteroatoms. The van der Waals surface area contributed by atoms with Crippen molar-refractivity contribution in [3.05, 3.63) is 65.5 Å². The molecule has 0 bridgehead atoms. The third kappa shape index (κ3) is 5.32. The Morgan fingerprint density at radius 1 is 0.917 bits per heavy atom. The maximum atomic E-state index is 12.9. The van der Waals surface area contributed by atoms with Crippen LogP contribution in [-0.4, -0.2) is 21.5 Å². The van der Waals surface area contributed by atoms with Crippen LogP contribution in [0.2, 0.25) is 0 Å². The van der Waals surface area contributed by atoms with Gasteiger partial charge in [-0.15, -0.1) is 0 Å². The van der Waals surface area contributed by atoms with Crippen molar-refractivity contribution in [2.24, 2.45) is 0 Å². The Kier molecular flexibility index (Phi) is 6.34. The van der Waals surface area contributed by atoms with E-state index in [9.17, 15) is 12.8 Å². The topological polar surface area (TPSA) is 49.4 Å². The Labute approximate surface area is 143 Å². The van der Waals surface area contributed by atoms with E-state index >= 15 is 0 Å². The lowest BCUT2D eigenvalue weighted by Crippen LogP contribution is -2.25. The van der Waals surface area contributed by atoms with Crippen LogP contribution < -0.4 is 9.62 Å². The molecule has 0 aliphatic rings. The van der Waals surface area contributed by atoms with Crippen LogP contribution in [0.3, 0.4) is 0 Å². The molecule has 0 aliphatic heterocycles. The molecule has 0 heterocycles. The van der Waals surface area contributed by atoms with Crippen LogP contribution in [0.25, 0.3) is 0 Å². The number of sulfonamides is 1. The lowest BCUT2D eigenvalue weighted by atomic mass is 10.2. The quantitative estimate of drug-likeness (QED) is 0.795. The Morgan fingerprint density at radius 3 is 2.00 bits per heavy atom. The maximum Gasteiger partial charge on any atom is 0.216 e. The maximum absolute atomic E-state index is 12.9. The molecular weight excluding hydrogens is 327 g/mol. The van der Waals surface area contributed by atoms with Crippen LogP contribution in [0.1, 0.15) is 25.0 Å². The fourth-order valence-corrected chi connectivity index (χ4v) is 3.58. The minimum atomic E-state index is -3.46. The van der Waals surface area contributed by atoms with E-state index in [-0.39, 0.29) is 18.1 Å². The average Bonchev–Trinajstić information content (AvgIpc) is 2.57. The van der Waals surface area contributed by atoms with Gasteiger partial charge in [-0.1, -0.05) is 24.3 Å². The molecule has 0 amide bonds. The molecular formula is C18H23FN2O2S. The minimum absolute atomic E-state index is 0.162. The molecule has 2 aromatic rings. The van der Waals surface area contributed by atoms with E-state index in [1.807, 2.05) is 24.3 Å². The van der Waals surface area contributed by atoms with Crippen molar-refractivity contribution in [1.29, 1.82) is 0 Å². The minimum Gasteiger partial charge on any atom is -0.372 e. The fourth-order valence-electron chi connectivity index (χ4n) is 2.46. The molecule has 2 rings (SSSR count). The van der Waals surface area contributed by atoms with E-state index in [0.29, 0.717) is 5.56 Å². The molecule has 0 radical (unpaired) electrons. The predicted molar refractivity (Wildman–Crippen MR) is 95.9 cm³/mol. The SMILES string of the molecule is CCN(CC)c1ccc(CNS(=O)(=O)Cc2ccc(F)cc2)cc1. The molecule has 0 aromatic heterocycles. The van der Waals surface area contributed by atoms with Gasteiger partial charge in [0, 0.05) is 25.3 Å². The first-order valence-electron chi connectivity index (χ1n) is 7.99. The Morgan fingerprint density at radius 2 is 1.46 bits per heavy atom. The van der Waals surface area contributed by atoms with Gasteiger partial charge in [0.1, 0.15) is 5.82 Å². The molecule has 0 fully saturated rings. The summed E-state index contributed by atoms with van der Waals surface area (Å²) in [5, 5.41) is 0. The van der Waals surface area contributed by atoms with E-state index in [0.717, 1.165) is 24.3 Å². The highest BCUT2D eigenvalue weighted by atomic mass is 32.2. The second-order valence-corrected chi connectivity index (χ2v) is 7.35. The normalized spacial score (nSPS) is 11.5. The summed E-state index contributed by atoms with van der Waals surface area (Å²) in [6, 6.07) is 13.3. The van der Waals surface area contributed by atoms with Crippen LogP contribution in [-0.2, 0) is 22.3 Å². The van der Waals surface area contributed by atoms with Gasteiger partial charge in [-0.3, -0.25) is 0 Å². The fraction of sp³-hybridized carbons (Fsp3) is 0.333. The zero-order valence-corrected chi connectivity index (χ0v) is 14.8. The van der Waals surface area contributed by atoms with Crippen LogP contribution in [0.15, 0.2) is 48.5 Å². The van der Waals surface area contributed by atoms with Gasteiger partial charge >= 0.3 is 0 Å². The summed E-state index contributed by atoms with van der Waals surface area (Å²) in [5.41, 5.74) is 2.58. The Bertz CT molecular complexity index is 740. The molecule has 4 nitrogen and oxygen atoms in total. The van der Waals surface area contributed by atoms with Gasteiger partial charge in [-0.2, -0.15) is 0 Å². The van der Waals surface area contributed by atoms with Crippen molar-refractivity contribution in [2.45, 2.75) is 26.1 Å². The molecule has 0 saturated heterocycles. The second-order valence-electron chi connectivity index (χ2n) is 5.55. The molecule has 0 saturated carbocycles. The number of halogens is 1. The summed E-state index contributed by atoms with van der Waals surface area (Å²) >= 11 is 0. The highest BCUT2D eigenvalue weighted by Crippen LogP contribution is 2.15. The standard InChI is InChI=1S/C18H23FN2O2S/c1-3-21(4-2)18-11-7-15(8-12-18)13-20-24(22,23)14-16-5-9-17(19)10-6-16/h5-12,20H,3-4,13-14H2,1-2H3. The van der Waals surface area contributed by atoms with Gasteiger partial charge in [0.25, 0.3) is 0 Å². The summed E-state index contributed by atoms with van der Waals surface area (Å²) in [7, 11) is -3.46. The number of hydrogen-bond donors (Lipinski definition) is 1. The van der Waals surface area contributed by atoms with Crippen molar-refractivity contribution in [3.8, 4) is 0 Å². The van der Waals surface area contributed by atoms with E-state index in [1.54, 1.807) is 0 Å². The van der Waals surface area contributed by atoms with E-state index in [2.05, 4.69) is 23.5 Å². The summed E-state index contributed by atoms with van der Waals surface area (Å²) in [6.45, 7) is 6.30. The summed E-state index contributed by atoms with van der Waals surface area (Å²) < 4.78 is 39.7. The highest BCUT2D eigenvalue weighted by Gasteiger charge is 2.11. The van der Waals surface area contributed by atoms with E-state index in [1.165, 1.54) is 24.3 Å². The van der Waals surface area contributed by atoms with Crippen LogP contribution in [0, 0.1) is 5.82 Å². The number of rotatable bonds is 8. The third-order valence-corrected chi connectivity index (χ3v) is 5.13. The highest BCUT2D eigenvalue weighted by molar-refractivity contribution is 7.88. The number of anilines is 1. The van der Waals surface area contributed by atoms with Gasteiger partial charge in [-0.25, -0.2) is 17.5 Å². The monoisotopic (exact) mass is 350 g/mol. The summed E-state index contributed by atoms with van der Waals surface area (Å²) in [6.07, 6.45) is 0. The van der Waals surface area contributed by atoms with Gasteiger partial charge in [0.05, 0.1) is 5.75 Å². The van der Waals surface area contributed by atoms with Gasteiger partial charge in [0.2, 0.25) is 10.0 Å². The Hall–Kier alpha value is -1.92. The molecule has 1 N–H and O–H groups in total. The number of hydrogen-bond acceptors (Lipinski definition) is 3. The number of nitrogens with zero attached hydrogens (tertiary/aromatic N) is 1. The van der Waals surface area contributed by atoms with E-state index < -0.39 is 10.0 Å². The first-order valence-corrected chi connectivity index (χ1v) is 9.64. The lowest BCUT2D eigenvalue weighted by Gasteiger charge is -2.21. The first-order chi connectivity index (χ1) is 11.4. The van der Waals surface area contributed by atoms with Crippen LogP contribution in [0.4, 0.5) is 10.1 Å². The lowest BCUT2D eigenvalue weighted by molar-refractivity contribution is 0.580. The molecule has 0 atom stereocenters. The van der Waals surface area contributed by atoms with Crippen molar-refractivity contribution < 1.29 is 12.8 Å². The van der Waals surface area contributed by atoms with Crippen LogP contribution >= 0.6 is 0 Å². The molecule has 130 valence electrons. The second kappa shape index (κ2) is 8.26. The molecule has 0 spiro atoms. The molecule has 0 aliphatic carbocycles.